The SMILES string of the molecule is Cc1ccc2c(c1)C(=S)/C(=C\c1ccc(C)c(C3CCCC3C)c1)C2=S. The Kier molecular flexibility index (Phi) is 4.66. The molecule has 1 saturated carbocycles. The number of hydrogen-bond donors (Lipinski definition) is 0. The van der Waals surface area contributed by atoms with Crippen molar-refractivity contribution in [3.8, 4) is 0 Å². The van der Waals surface area contributed by atoms with Crippen molar-refractivity contribution in [1.82, 2.24) is 0 Å². The number of aryl methyl sites for hydroxylation is 2. The van der Waals surface area contributed by atoms with Crippen LogP contribution >= 0.6 is 24.4 Å². The predicted molar refractivity (Wildman–Crippen MR) is 119 cm³/mol. The van der Waals surface area contributed by atoms with E-state index < -0.39 is 0 Å². The number of allylic oxidation sites excluding steroid dienone is 1. The maximum absolute atomic E-state index is 5.76. The maximum atomic E-state index is 5.76. The topological polar surface area (TPSA) is 0 Å². The number of thiocarbonyl (C=S) groups is 2. The molecule has 0 nitrogen and oxygen atoms in total. The largest absolute Gasteiger partial charge is 0.0787 e. The molecule has 2 aliphatic carbocycles. The van der Waals surface area contributed by atoms with Crippen LogP contribution in [0.5, 0.6) is 0 Å². The van der Waals surface area contributed by atoms with Crippen LogP contribution in [0.25, 0.3) is 6.08 Å². The Labute approximate surface area is 167 Å². The van der Waals surface area contributed by atoms with Crippen LogP contribution in [0.15, 0.2) is 42.0 Å². The van der Waals surface area contributed by atoms with Crippen molar-refractivity contribution in [2.24, 2.45) is 5.92 Å². The summed E-state index contributed by atoms with van der Waals surface area (Å²) in [5, 5.41) is 0. The van der Waals surface area contributed by atoms with Crippen molar-refractivity contribution in [3.05, 3.63) is 75.4 Å². The molecule has 0 radical (unpaired) electrons. The molecule has 2 aliphatic rings. The van der Waals surface area contributed by atoms with Crippen molar-refractivity contribution in [1.29, 1.82) is 0 Å². The molecule has 0 heterocycles. The summed E-state index contributed by atoms with van der Waals surface area (Å²) in [5.74, 6) is 1.47. The summed E-state index contributed by atoms with van der Waals surface area (Å²) in [5.41, 5.74) is 8.61. The van der Waals surface area contributed by atoms with Crippen LogP contribution in [0.3, 0.4) is 0 Å². The Balaban J connectivity index is 1.73. The van der Waals surface area contributed by atoms with Crippen molar-refractivity contribution < 1.29 is 0 Å². The zero-order valence-electron chi connectivity index (χ0n) is 15.6. The van der Waals surface area contributed by atoms with Crippen molar-refractivity contribution >= 4 is 40.2 Å². The Morgan fingerprint density at radius 1 is 0.923 bits per heavy atom. The van der Waals surface area contributed by atoms with E-state index in [-0.39, 0.29) is 0 Å². The van der Waals surface area contributed by atoms with Gasteiger partial charge < -0.3 is 0 Å². The molecule has 0 aliphatic heterocycles. The fraction of sp³-hybridized carbons (Fsp3) is 0.333. The van der Waals surface area contributed by atoms with Gasteiger partial charge in [-0.15, -0.1) is 0 Å². The van der Waals surface area contributed by atoms with E-state index in [0.29, 0.717) is 5.92 Å². The number of fused-ring (bicyclic) bond motifs is 1. The smallest absolute Gasteiger partial charge is 0.0543 e. The molecule has 1 fully saturated rings. The first-order valence-electron chi connectivity index (χ1n) is 9.48. The zero-order chi connectivity index (χ0) is 18.4. The predicted octanol–water partition coefficient (Wildman–Crippen LogP) is 6.74. The summed E-state index contributed by atoms with van der Waals surface area (Å²) >= 11 is 11.5. The summed E-state index contributed by atoms with van der Waals surface area (Å²) in [4.78, 5) is 1.78. The lowest BCUT2D eigenvalue weighted by Crippen LogP contribution is -2.05. The molecule has 2 heteroatoms. The van der Waals surface area contributed by atoms with Gasteiger partial charge in [-0.1, -0.05) is 80.1 Å². The molecule has 2 aromatic carbocycles. The molecule has 2 atom stereocenters. The highest BCUT2D eigenvalue weighted by molar-refractivity contribution is 7.84. The second kappa shape index (κ2) is 6.83. The van der Waals surface area contributed by atoms with Gasteiger partial charge in [0.25, 0.3) is 0 Å². The van der Waals surface area contributed by atoms with Gasteiger partial charge in [-0.2, -0.15) is 0 Å². The summed E-state index contributed by atoms with van der Waals surface area (Å²) < 4.78 is 0. The minimum absolute atomic E-state index is 0.690. The van der Waals surface area contributed by atoms with E-state index in [1.807, 2.05) is 0 Å². The summed E-state index contributed by atoms with van der Waals surface area (Å²) in [6.07, 6.45) is 6.20. The van der Waals surface area contributed by atoms with Crippen molar-refractivity contribution in [2.75, 3.05) is 0 Å². The molecule has 0 spiro atoms. The first kappa shape index (κ1) is 17.8. The van der Waals surface area contributed by atoms with E-state index in [2.05, 4.69) is 63.2 Å². The molecular weight excluding hydrogens is 352 g/mol. The van der Waals surface area contributed by atoms with Gasteiger partial charge in [0.05, 0.1) is 9.73 Å². The van der Waals surface area contributed by atoms with Gasteiger partial charge in [0.1, 0.15) is 0 Å². The molecule has 26 heavy (non-hydrogen) atoms. The van der Waals surface area contributed by atoms with Crippen LogP contribution in [0.1, 0.15) is 65.5 Å². The highest BCUT2D eigenvalue weighted by atomic mass is 32.1. The van der Waals surface area contributed by atoms with Gasteiger partial charge in [0.15, 0.2) is 0 Å². The average Bonchev–Trinajstić information content (AvgIpc) is 3.14. The van der Waals surface area contributed by atoms with Crippen LogP contribution in [-0.4, -0.2) is 9.73 Å². The van der Waals surface area contributed by atoms with Crippen LogP contribution < -0.4 is 0 Å². The lowest BCUT2D eigenvalue weighted by molar-refractivity contribution is 0.531. The van der Waals surface area contributed by atoms with Crippen LogP contribution in [0.4, 0.5) is 0 Å². The Morgan fingerprint density at radius 3 is 2.42 bits per heavy atom. The lowest BCUT2D eigenvalue weighted by Gasteiger charge is -2.19. The number of benzene rings is 2. The highest BCUT2D eigenvalue weighted by Crippen LogP contribution is 2.41. The molecule has 4 rings (SSSR count). The Bertz CT molecular complexity index is 949. The van der Waals surface area contributed by atoms with E-state index in [1.165, 1.54) is 41.5 Å². The first-order chi connectivity index (χ1) is 12.5. The first-order valence-corrected chi connectivity index (χ1v) is 10.3. The highest BCUT2D eigenvalue weighted by Gasteiger charge is 2.28. The van der Waals surface area contributed by atoms with Crippen molar-refractivity contribution in [2.45, 2.75) is 46.0 Å². The van der Waals surface area contributed by atoms with Gasteiger partial charge >= 0.3 is 0 Å². The molecule has 0 saturated heterocycles. The van der Waals surface area contributed by atoms with Crippen LogP contribution in [0, 0.1) is 19.8 Å². The minimum Gasteiger partial charge on any atom is -0.0787 e. The normalized spacial score (nSPS) is 23.7. The summed E-state index contributed by atoms with van der Waals surface area (Å²) in [6, 6.07) is 13.2. The van der Waals surface area contributed by atoms with Gasteiger partial charge in [0.2, 0.25) is 0 Å². The van der Waals surface area contributed by atoms with E-state index in [1.54, 1.807) is 0 Å². The number of rotatable bonds is 2. The second-order valence-corrected chi connectivity index (χ2v) is 8.71. The average molecular weight is 377 g/mol. The molecule has 132 valence electrons. The van der Waals surface area contributed by atoms with Gasteiger partial charge in [-0.05, 0) is 60.9 Å². The van der Waals surface area contributed by atoms with E-state index in [4.69, 9.17) is 24.4 Å². The fourth-order valence-electron chi connectivity index (χ4n) is 4.49. The van der Waals surface area contributed by atoms with Gasteiger partial charge in [0, 0.05) is 16.7 Å². The molecule has 0 N–H and O–H groups in total. The molecular formula is C24H24S2. The minimum atomic E-state index is 0.690. The second-order valence-electron chi connectivity index (χ2n) is 7.90. The zero-order valence-corrected chi connectivity index (χ0v) is 17.3. The third kappa shape index (κ3) is 3.00. The lowest BCUT2D eigenvalue weighted by atomic mass is 9.86. The van der Waals surface area contributed by atoms with Crippen LogP contribution in [-0.2, 0) is 0 Å². The fourth-order valence-corrected chi connectivity index (χ4v) is 5.22. The van der Waals surface area contributed by atoms with Gasteiger partial charge in [-0.25, -0.2) is 0 Å². The Hall–Kier alpha value is -1.64. The summed E-state index contributed by atoms with van der Waals surface area (Å²) in [6.45, 7) is 6.73. The molecule has 0 bridgehead atoms. The quantitative estimate of drug-likeness (QED) is 0.420. The monoisotopic (exact) mass is 376 g/mol. The third-order valence-electron chi connectivity index (χ3n) is 6.03. The van der Waals surface area contributed by atoms with Crippen molar-refractivity contribution in [3.63, 3.8) is 0 Å². The number of hydrogen-bond acceptors (Lipinski definition) is 2. The Morgan fingerprint density at radius 2 is 1.69 bits per heavy atom. The third-order valence-corrected chi connectivity index (χ3v) is 6.91. The molecule has 2 aromatic rings. The molecule has 0 amide bonds. The molecule has 0 aromatic heterocycles. The van der Waals surface area contributed by atoms with Crippen LogP contribution in [0.2, 0.25) is 0 Å². The van der Waals surface area contributed by atoms with E-state index in [9.17, 15) is 0 Å². The standard InChI is InChI=1S/C24H24S2/c1-14-7-10-19-21(11-14)24(26)22(23(19)25)13-17-9-8-16(3)20(12-17)18-6-4-5-15(18)2/h7-13,15,18H,4-6H2,1-3H3/b22-13-. The van der Waals surface area contributed by atoms with Gasteiger partial charge in [-0.3, -0.25) is 0 Å². The van der Waals surface area contributed by atoms with E-state index >= 15 is 0 Å². The summed E-state index contributed by atoms with van der Waals surface area (Å²) in [7, 11) is 0. The maximum Gasteiger partial charge on any atom is 0.0543 e. The molecule has 2 unspecified atom stereocenters. The van der Waals surface area contributed by atoms with E-state index in [0.717, 1.165) is 32.3 Å².